The molecule has 0 saturated heterocycles. The van der Waals surface area contributed by atoms with Gasteiger partial charge < -0.3 is 4.74 Å². The van der Waals surface area contributed by atoms with Gasteiger partial charge in [-0.2, -0.15) is 0 Å². The molecular formula is C24H40O2. The maximum atomic E-state index is 11.9. The number of ketones is 1. The zero-order valence-electron chi connectivity index (χ0n) is 18.4. The van der Waals surface area contributed by atoms with Crippen LogP contribution < -0.4 is 4.74 Å². The first kappa shape index (κ1) is 24.4. The molecule has 0 amide bonds. The Balaban J connectivity index is 0.00000146. The molecule has 1 fully saturated rings. The highest BCUT2D eigenvalue weighted by Gasteiger charge is 2.41. The van der Waals surface area contributed by atoms with Gasteiger partial charge in [-0.05, 0) is 63.1 Å². The van der Waals surface area contributed by atoms with Crippen molar-refractivity contribution in [2.45, 2.75) is 86.0 Å². The van der Waals surface area contributed by atoms with E-state index in [2.05, 4.69) is 19.6 Å². The van der Waals surface area contributed by atoms with Crippen molar-refractivity contribution in [1.82, 2.24) is 0 Å². The number of benzene rings is 1. The molecule has 148 valence electrons. The van der Waals surface area contributed by atoms with E-state index >= 15 is 0 Å². The molecule has 0 heterocycles. The number of aryl methyl sites for hydroxylation is 1. The van der Waals surface area contributed by atoms with Gasteiger partial charge in [-0.3, -0.25) is 4.79 Å². The Morgan fingerprint density at radius 1 is 1.31 bits per heavy atom. The van der Waals surface area contributed by atoms with Gasteiger partial charge in [0.15, 0.2) is 5.78 Å². The van der Waals surface area contributed by atoms with Gasteiger partial charge >= 0.3 is 0 Å². The van der Waals surface area contributed by atoms with E-state index in [0.29, 0.717) is 0 Å². The Bertz CT molecular complexity index is 574. The van der Waals surface area contributed by atoms with Crippen LogP contribution in [0.2, 0.25) is 0 Å². The Morgan fingerprint density at radius 3 is 2.35 bits per heavy atom. The van der Waals surface area contributed by atoms with Crippen molar-refractivity contribution in [2.24, 2.45) is 5.92 Å². The second-order valence-electron chi connectivity index (χ2n) is 6.72. The summed E-state index contributed by atoms with van der Waals surface area (Å²) in [7, 11) is 1.73. The molecule has 0 aliphatic heterocycles. The van der Waals surface area contributed by atoms with Crippen molar-refractivity contribution in [3.63, 3.8) is 0 Å². The van der Waals surface area contributed by atoms with Crippen LogP contribution in [0.1, 0.15) is 95.1 Å². The predicted molar refractivity (Wildman–Crippen MR) is 115 cm³/mol. The maximum absolute atomic E-state index is 11.9. The van der Waals surface area contributed by atoms with Crippen LogP contribution in [0.5, 0.6) is 5.75 Å². The second kappa shape index (κ2) is 11.9. The summed E-state index contributed by atoms with van der Waals surface area (Å²) in [6.07, 6.45) is 7.73. The number of ether oxygens (including phenoxy) is 1. The van der Waals surface area contributed by atoms with E-state index in [1.165, 1.54) is 18.4 Å². The fourth-order valence-corrected chi connectivity index (χ4v) is 4.04. The fourth-order valence-electron chi connectivity index (χ4n) is 4.04. The molecule has 0 spiro atoms. The van der Waals surface area contributed by atoms with Crippen molar-refractivity contribution in [1.29, 1.82) is 0 Å². The first-order chi connectivity index (χ1) is 12.5. The molecule has 0 radical (unpaired) electrons. The Morgan fingerprint density at radius 2 is 1.92 bits per heavy atom. The van der Waals surface area contributed by atoms with Gasteiger partial charge in [0, 0.05) is 16.5 Å². The quantitative estimate of drug-likeness (QED) is 0.393. The van der Waals surface area contributed by atoms with E-state index in [1.807, 2.05) is 46.8 Å². The molecule has 0 bridgehead atoms. The summed E-state index contributed by atoms with van der Waals surface area (Å²) >= 11 is 0. The maximum Gasteiger partial charge on any atom is 0.159 e. The molecule has 1 aliphatic rings. The molecule has 1 saturated carbocycles. The van der Waals surface area contributed by atoms with Gasteiger partial charge in [-0.25, -0.2) is 0 Å². The zero-order valence-corrected chi connectivity index (χ0v) is 18.4. The van der Waals surface area contributed by atoms with Crippen LogP contribution in [0, 0.1) is 12.8 Å². The van der Waals surface area contributed by atoms with E-state index in [1.54, 1.807) is 14.0 Å². The molecular weight excluding hydrogens is 320 g/mol. The third kappa shape index (κ3) is 5.46. The molecule has 0 N–H and O–H groups in total. The average molecular weight is 361 g/mol. The zero-order chi connectivity index (χ0) is 20.3. The first-order valence-corrected chi connectivity index (χ1v) is 10.3. The SMILES string of the molecule is C=CCC1(c2cc(C(C)=O)cc(C)c2OC)CCC(CC)C1.CC.CC. The Kier molecular flexibility index (Phi) is 11.2. The van der Waals surface area contributed by atoms with Gasteiger partial charge in [0.05, 0.1) is 7.11 Å². The van der Waals surface area contributed by atoms with E-state index < -0.39 is 0 Å². The number of rotatable bonds is 6. The number of hydrogen-bond donors (Lipinski definition) is 0. The number of hydrogen-bond acceptors (Lipinski definition) is 2. The van der Waals surface area contributed by atoms with E-state index in [0.717, 1.165) is 42.1 Å². The first-order valence-electron chi connectivity index (χ1n) is 10.3. The van der Waals surface area contributed by atoms with Gasteiger partial charge in [-0.1, -0.05) is 47.1 Å². The van der Waals surface area contributed by atoms with Crippen molar-refractivity contribution in [3.05, 3.63) is 41.5 Å². The van der Waals surface area contributed by atoms with Gasteiger partial charge in [0.2, 0.25) is 0 Å². The highest BCUT2D eigenvalue weighted by atomic mass is 16.5. The summed E-state index contributed by atoms with van der Waals surface area (Å²) in [6, 6.07) is 4.01. The summed E-state index contributed by atoms with van der Waals surface area (Å²) in [5.74, 6) is 1.82. The van der Waals surface area contributed by atoms with Gasteiger partial charge in [0.25, 0.3) is 0 Å². The minimum atomic E-state index is 0.0734. The number of Topliss-reactive ketones (excluding diaryl/α,β-unsaturated/α-hetero) is 1. The molecule has 26 heavy (non-hydrogen) atoms. The highest BCUT2D eigenvalue weighted by molar-refractivity contribution is 5.94. The summed E-state index contributed by atoms with van der Waals surface area (Å²) in [5, 5.41) is 0. The lowest BCUT2D eigenvalue weighted by Gasteiger charge is -2.32. The lowest BCUT2D eigenvalue weighted by molar-refractivity contribution is 0.101. The fraction of sp³-hybridized carbons (Fsp3) is 0.625. The van der Waals surface area contributed by atoms with Crippen LogP contribution in [0.15, 0.2) is 24.8 Å². The molecule has 1 aliphatic carbocycles. The van der Waals surface area contributed by atoms with Crippen molar-refractivity contribution in [3.8, 4) is 5.75 Å². The molecule has 0 aromatic heterocycles. The summed E-state index contributed by atoms with van der Waals surface area (Å²) in [4.78, 5) is 11.9. The molecule has 2 rings (SSSR count). The number of methoxy groups -OCH3 is 1. The minimum Gasteiger partial charge on any atom is -0.496 e. The van der Waals surface area contributed by atoms with Gasteiger partial charge in [0.1, 0.15) is 5.75 Å². The summed E-state index contributed by atoms with van der Waals surface area (Å²) in [5.41, 5.74) is 3.12. The topological polar surface area (TPSA) is 26.3 Å². The molecule has 2 nitrogen and oxygen atoms in total. The lowest BCUT2D eigenvalue weighted by atomic mass is 9.73. The smallest absolute Gasteiger partial charge is 0.159 e. The van der Waals surface area contributed by atoms with Crippen LogP contribution >= 0.6 is 0 Å². The molecule has 1 aromatic carbocycles. The summed E-state index contributed by atoms with van der Waals surface area (Å²) < 4.78 is 5.72. The normalized spacial score (nSPS) is 21.0. The van der Waals surface area contributed by atoms with E-state index in [9.17, 15) is 4.79 Å². The van der Waals surface area contributed by atoms with Crippen LogP contribution in [-0.4, -0.2) is 12.9 Å². The Labute approximate surface area is 162 Å². The number of allylic oxidation sites excluding steroid dienone is 1. The van der Waals surface area contributed by atoms with Crippen molar-refractivity contribution < 1.29 is 9.53 Å². The van der Waals surface area contributed by atoms with Crippen LogP contribution in [0.25, 0.3) is 0 Å². The monoisotopic (exact) mass is 360 g/mol. The third-order valence-corrected chi connectivity index (χ3v) is 5.28. The van der Waals surface area contributed by atoms with Crippen molar-refractivity contribution in [2.75, 3.05) is 7.11 Å². The van der Waals surface area contributed by atoms with E-state index in [-0.39, 0.29) is 11.2 Å². The standard InChI is InChI=1S/C20H28O2.2C2H6/c1-6-9-20(10-8-16(7-2)13-20)18-12-17(15(4)21)11-14(3)19(18)22-5;2*1-2/h6,11-12,16H,1,7-10,13H2,2-5H3;2*1-2H3. The molecule has 2 heteroatoms. The second-order valence-corrected chi connectivity index (χ2v) is 6.72. The number of carbonyl (C=O) groups excluding carboxylic acids is 1. The van der Waals surface area contributed by atoms with Crippen LogP contribution in [0.4, 0.5) is 0 Å². The van der Waals surface area contributed by atoms with Crippen molar-refractivity contribution >= 4 is 5.78 Å². The number of carbonyl (C=O) groups is 1. The minimum absolute atomic E-state index is 0.0734. The molecule has 1 aromatic rings. The van der Waals surface area contributed by atoms with Crippen LogP contribution in [0.3, 0.4) is 0 Å². The molecule has 2 unspecified atom stereocenters. The van der Waals surface area contributed by atoms with Gasteiger partial charge in [-0.15, -0.1) is 6.58 Å². The summed E-state index contributed by atoms with van der Waals surface area (Å²) in [6.45, 7) is 17.9. The van der Waals surface area contributed by atoms with Crippen LogP contribution in [-0.2, 0) is 5.41 Å². The largest absolute Gasteiger partial charge is 0.496 e. The third-order valence-electron chi connectivity index (χ3n) is 5.28. The lowest BCUT2D eigenvalue weighted by Crippen LogP contribution is -2.24. The average Bonchev–Trinajstić information content (AvgIpc) is 3.09. The van der Waals surface area contributed by atoms with E-state index in [4.69, 9.17) is 4.74 Å². The predicted octanol–water partition coefficient (Wildman–Crippen LogP) is 7.28. The Hall–Kier alpha value is -1.57. The molecule has 2 atom stereocenters. The highest BCUT2D eigenvalue weighted by Crippen LogP contribution is 2.51.